The Morgan fingerprint density at radius 2 is 1.83 bits per heavy atom. The number of aromatic amines is 1. The Hall–Kier alpha value is -4.57. The number of guanidine groups is 1. The zero-order valence-electron chi connectivity index (χ0n) is 19.2. The molecule has 10 nitrogen and oxygen atoms in total. The van der Waals surface area contributed by atoms with Gasteiger partial charge in [-0.05, 0) is 64.9 Å². The highest BCUT2D eigenvalue weighted by Gasteiger charge is 2.32. The smallest absolute Gasteiger partial charge is 0.292 e. The summed E-state index contributed by atoms with van der Waals surface area (Å²) in [5, 5.41) is 23.6. The molecule has 1 aliphatic heterocycles. The molecular weight excluding hydrogens is 480 g/mol. The number of carbonyl (C=O) groups excluding carboxylic acids is 1. The number of amides is 1. The molecule has 36 heavy (non-hydrogen) atoms. The lowest BCUT2D eigenvalue weighted by Crippen LogP contribution is -2.41. The molecule has 1 unspecified atom stereocenters. The number of rotatable bonds is 5. The Morgan fingerprint density at radius 1 is 1.08 bits per heavy atom. The summed E-state index contributed by atoms with van der Waals surface area (Å²) in [4.78, 5) is 17.4. The number of hydrogen-bond acceptors (Lipinski definition) is 7. The number of nitrogens with zero attached hydrogens (tertiary/aromatic N) is 6. The largest absolute Gasteiger partial charge is 0.497 e. The van der Waals surface area contributed by atoms with Crippen molar-refractivity contribution in [3.05, 3.63) is 101 Å². The van der Waals surface area contributed by atoms with Gasteiger partial charge < -0.3 is 4.74 Å². The summed E-state index contributed by atoms with van der Waals surface area (Å²) in [5.74, 6) is 0.521. The van der Waals surface area contributed by atoms with E-state index in [1.807, 2.05) is 42.5 Å². The van der Waals surface area contributed by atoms with Crippen LogP contribution in [-0.4, -0.2) is 56.9 Å². The van der Waals surface area contributed by atoms with E-state index in [2.05, 4.69) is 43.1 Å². The van der Waals surface area contributed by atoms with Gasteiger partial charge in [0.2, 0.25) is 5.96 Å². The number of halogens is 1. The van der Waals surface area contributed by atoms with Crippen LogP contribution in [0.1, 0.15) is 27.4 Å². The minimum Gasteiger partial charge on any atom is -0.497 e. The van der Waals surface area contributed by atoms with E-state index in [1.54, 1.807) is 36.4 Å². The zero-order valence-corrected chi connectivity index (χ0v) is 19.9. The summed E-state index contributed by atoms with van der Waals surface area (Å²) in [6, 6.07) is 24.3. The number of methoxy groups -OCH3 is 1. The van der Waals surface area contributed by atoms with Crippen LogP contribution in [0, 0.1) is 0 Å². The normalized spacial score (nSPS) is 15.5. The lowest BCUT2D eigenvalue weighted by Gasteiger charge is -2.18. The molecule has 0 saturated heterocycles. The Balaban J connectivity index is 1.52. The summed E-state index contributed by atoms with van der Waals surface area (Å²) in [6.07, 6.45) is 0. The number of aromatic nitrogens is 4. The SMILES string of the molecule is COc1ccc(C2=NN(/C(=N\c3nn[nH]n3)NC(=O)c3ccc(Cl)cc3)CC2c2ccccc2)cc1. The van der Waals surface area contributed by atoms with E-state index in [1.165, 1.54) is 0 Å². The number of nitrogens with one attached hydrogen (secondary N) is 2. The second-order valence-corrected chi connectivity index (χ2v) is 8.30. The number of benzene rings is 3. The minimum absolute atomic E-state index is 0.0609. The van der Waals surface area contributed by atoms with Crippen molar-refractivity contribution in [1.29, 1.82) is 0 Å². The molecule has 11 heteroatoms. The van der Waals surface area contributed by atoms with Crippen molar-refractivity contribution in [2.75, 3.05) is 13.7 Å². The molecule has 0 radical (unpaired) electrons. The first-order chi connectivity index (χ1) is 17.6. The zero-order chi connectivity index (χ0) is 24.9. The van der Waals surface area contributed by atoms with Gasteiger partial charge in [0.1, 0.15) is 5.75 Å². The minimum atomic E-state index is -0.377. The van der Waals surface area contributed by atoms with Gasteiger partial charge in [-0.3, -0.25) is 10.1 Å². The number of tetrazole rings is 1. The Morgan fingerprint density at radius 3 is 2.50 bits per heavy atom. The Bertz CT molecular complexity index is 1390. The molecular formula is C25H21ClN8O2. The molecule has 0 fully saturated rings. The van der Waals surface area contributed by atoms with Gasteiger partial charge in [0, 0.05) is 16.5 Å². The third-order valence-electron chi connectivity index (χ3n) is 5.62. The summed E-state index contributed by atoms with van der Waals surface area (Å²) < 4.78 is 5.31. The fourth-order valence-corrected chi connectivity index (χ4v) is 3.95. The first kappa shape index (κ1) is 23.2. The number of hydrogen-bond donors (Lipinski definition) is 2. The summed E-state index contributed by atoms with van der Waals surface area (Å²) in [7, 11) is 1.63. The van der Waals surface area contributed by atoms with Gasteiger partial charge in [0.25, 0.3) is 11.9 Å². The lowest BCUT2D eigenvalue weighted by atomic mass is 9.90. The molecule has 3 aromatic carbocycles. The maximum absolute atomic E-state index is 13.0. The van der Waals surface area contributed by atoms with Crippen LogP contribution in [0.5, 0.6) is 5.75 Å². The van der Waals surface area contributed by atoms with Gasteiger partial charge in [-0.2, -0.15) is 15.3 Å². The number of carbonyl (C=O) groups is 1. The summed E-state index contributed by atoms with van der Waals surface area (Å²) >= 11 is 5.97. The Labute approximate surface area is 211 Å². The van der Waals surface area contributed by atoms with Crippen LogP contribution in [0.2, 0.25) is 5.02 Å². The van der Waals surface area contributed by atoms with E-state index in [0.29, 0.717) is 17.1 Å². The van der Waals surface area contributed by atoms with Crippen LogP contribution in [0.4, 0.5) is 5.95 Å². The molecule has 0 bridgehead atoms. The van der Waals surface area contributed by atoms with E-state index in [4.69, 9.17) is 21.4 Å². The number of H-pyrrole nitrogens is 1. The molecule has 1 aromatic heterocycles. The van der Waals surface area contributed by atoms with E-state index >= 15 is 0 Å². The maximum Gasteiger partial charge on any atom is 0.292 e. The molecule has 2 N–H and O–H groups in total. The van der Waals surface area contributed by atoms with E-state index < -0.39 is 0 Å². The molecule has 0 spiro atoms. The van der Waals surface area contributed by atoms with Crippen molar-refractivity contribution < 1.29 is 9.53 Å². The average Bonchev–Trinajstić information content (AvgIpc) is 3.60. The number of ether oxygens (including phenoxy) is 1. The maximum atomic E-state index is 13.0. The Kier molecular flexibility index (Phi) is 6.67. The van der Waals surface area contributed by atoms with Gasteiger partial charge in [0.15, 0.2) is 0 Å². The van der Waals surface area contributed by atoms with E-state index in [-0.39, 0.29) is 23.7 Å². The molecule has 1 atom stereocenters. The van der Waals surface area contributed by atoms with Crippen LogP contribution in [0.25, 0.3) is 0 Å². The lowest BCUT2D eigenvalue weighted by molar-refractivity contribution is 0.0972. The summed E-state index contributed by atoms with van der Waals surface area (Å²) in [5.41, 5.74) is 3.25. The predicted molar refractivity (Wildman–Crippen MR) is 136 cm³/mol. The monoisotopic (exact) mass is 500 g/mol. The molecule has 1 amide bonds. The predicted octanol–water partition coefficient (Wildman–Crippen LogP) is 3.78. The second kappa shape index (κ2) is 10.4. The van der Waals surface area contributed by atoms with E-state index in [9.17, 15) is 4.79 Å². The number of aliphatic imine (C=N–C) groups is 1. The fourth-order valence-electron chi connectivity index (χ4n) is 3.83. The fraction of sp³-hybridized carbons (Fsp3) is 0.120. The van der Waals surface area contributed by atoms with Crippen molar-refractivity contribution in [2.24, 2.45) is 10.1 Å². The van der Waals surface area contributed by atoms with Gasteiger partial charge >= 0.3 is 0 Å². The molecule has 1 aliphatic rings. The van der Waals surface area contributed by atoms with Crippen molar-refractivity contribution in [1.82, 2.24) is 30.9 Å². The van der Waals surface area contributed by atoms with Crippen molar-refractivity contribution in [3.8, 4) is 5.75 Å². The molecule has 180 valence electrons. The van der Waals surface area contributed by atoms with Crippen LogP contribution in [0.3, 0.4) is 0 Å². The van der Waals surface area contributed by atoms with Crippen LogP contribution < -0.4 is 10.1 Å². The first-order valence-electron chi connectivity index (χ1n) is 11.0. The molecule has 2 heterocycles. The van der Waals surface area contributed by atoms with Crippen LogP contribution >= 0.6 is 11.6 Å². The number of hydrazone groups is 1. The highest BCUT2D eigenvalue weighted by atomic mass is 35.5. The first-order valence-corrected chi connectivity index (χ1v) is 11.4. The van der Waals surface area contributed by atoms with Crippen molar-refractivity contribution in [3.63, 3.8) is 0 Å². The average molecular weight is 501 g/mol. The van der Waals surface area contributed by atoms with Crippen LogP contribution in [0.15, 0.2) is 89.0 Å². The van der Waals surface area contributed by atoms with Crippen molar-refractivity contribution >= 4 is 35.1 Å². The molecule has 0 saturated carbocycles. The van der Waals surface area contributed by atoms with Gasteiger partial charge in [-0.25, -0.2) is 5.01 Å². The standard InChI is InChI=1S/C25H21ClN8O2/c1-36-20-13-9-17(10-14-20)22-21(16-5-3-2-4-6-16)15-34(31-22)25(28-24-29-32-33-30-24)27-23(35)18-7-11-19(26)12-8-18/h2-14,21H,15H2,1H3,(H2,27,28,29,30,32,33,35). The highest BCUT2D eigenvalue weighted by molar-refractivity contribution is 6.30. The molecule has 4 aromatic rings. The van der Waals surface area contributed by atoms with Gasteiger partial charge in [-0.15, -0.1) is 5.10 Å². The highest BCUT2D eigenvalue weighted by Crippen LogP contribution is 2.30. The van der Waals surface area contributed by atoms with E-state index in [0.717, 1.165) is 22.6 Å². The van der Waals surface area contributed by atoms with Crippen molar-refractivity contribution in [2.45, 2.75) is 5.92 Å². The quantitative estimate of drug-likeness (QED) is 0.318. The third-order valence-corrected chi connectivity index (χ3v) is 5.87. The summed E-state index contributed by atoms with van der Waals surface area (Å²) in [6.45, 7) is 0.433. The second-order valence-electron chi connectivity index (χ2n) is 7.87. The topological polar surface area (TPSA) is 121 Å². The molecule has 5 rings (SSSR count). The van der Waals surface area contributed by atoms with Gasteiger partial charge in [0.05, 0.1) is 19.4 Å². The van der Waals surface area contributed by atoms with Crippen LogP contribution in [-0.2, 0) is 0 Å². The third kappa shape index (κ3) is 5.08. The molecule has 0 aliphatic carbocycles. The van der Waals surface area contributed by atoms with Gasteiger partial charge in [-0.1, -0.05) is 47.0 Å².